The summed E-state index contributed by atoms with van der Waals surface area (Å²) in [5, 5.41) is 0. The van der Waals surface area contributed by atoms with Crippen molar-refractivity contribution in [3.63, 3.8) is 0 Å². The summed E-state index contributed by atoms with van der Waals surface area (Å²) in [5.74, 6) is 3.70. The average molecular weight is 174 g/mol. The Morgan fingerprint density at radius 3 is 3.00 bits per heavy atom. The van der Waals surface area contributed by atoms with Gasteiger partial charge in [-0.05, 0) is 31.7 Å². The predicted molar refractivity (Wildman–Crippen MR) is 51.8 cm³/mol. The van der Waals surface area contributed by atoms with E-state index in [-0.39, 0.29) is 0 Å². The molecule has 0 aromatic carbocycles. The van der Waals surface area contributed by atoms with Crippen molar-refractivity contribution in [3.05, 3.63) is 35.3 Å². The van der Waals surface area contributed by atoms with Crippen LogP contribution in [0.5, 0.6) is 0 Å². The molecule has 3 aliphatic carbocycles. The minimum Gasteiger partial charge on any atom is -0.466 e. The van der Waals surface area contributed by atoms with Crippen molar-refractivity contribution in [2.75, 3.05) is 0 Å². The number of hydrogen-bond donors (Lipinski definition) is 0. The van der Waals surface area contributed by atoms with Crippen LogP contribution in [0.1, 0.15) is 35.8 Å². The molecule has 1 aromatic heterocycles. The van der Waals surface area contributed by atoms with Crippen LogP contribution in [0, 0.1) is 12.8 Å². The van der Waals surface area contributed by atoms with Crippen LogP contribution in [0.4, 0.5) is 0 Å². The van der Waals surface area contributed by atoms with E-state index in [1.54, 1.807) is 0 Å². The van der Waals surface area contributed by atoms with E-state index in [1.165, 1.54) is 24.2 Å². The summed E-state index contributed by atoms with van der Waals surface area (Å²) in [7, 11) is 0. The zero-order valence-corrected chi connectivity index (χ0v) is 7.92. The minimum atomic E-state index is 0.645. The molecule has 0 amide bonds. The first kappa shape index (κ1) is 7.43. The van der Waals surface area contributed by atoms with Gasteiger partial charge in [0.2, 0.25) is 0 Å². The topological polar surface area (TPSA) is 13.1 Å². The molecule has 68 valence electrons. The molecule has 1 nitrogen and oxygen atoms in total. The molecule has 0 unspecified atom stereocenters. The highest BCUT2D eigenvalue weighted by Crippen LogP contribution is 2.39. The SMILES string of the molecule is Cc1cc2c(o1)C[C@H]1C=C[C@@H]2CC1. The number of furan rings is 1. The lowest BCUT2D eigenvalue weighted by Crippen LogP contribution is -2.02. The third kappa shape index (κ3) is 1.06. The number of fused-ring (bicyclic) bond motifs is 1. The van der Waals surface area contributed by atoms with Crippen LogP contribution in [-0.4, -0.2) is 0 Å². The van der Waals surface area contributed by atoms with Gasteiger partial charge in [0, 0.05) is 17.9 Å². The fourth-order valence-electron chi connectivity index (χ4n) is 2.60. The predicted octanol–water partition coefficient (Wildman–Crippen LogP) is 3.19. The molecule has 0 fully saturated rings. The van der Waals surface area contributed by atoms with Gasteiger partial charge in [0.05, 0.1) is 0 Å². The van der Waals surface area contributed by atoms with Gasteiger partial charge in [0.15, 0.2) is 0 Å². The van der Waals surface area contributed by atoms with Crippen molar-refractivity contribution in [2.45, 2.75) is 32.1 Å². The zero-order valence-electron chi connectivity index (χ0n) is 7.92. The van der Waals surface area contributed by atoms with Crippen LogP contribution in [0.25, 0.3) is 0 Å². The first-order chi connectivity index (χ1) is 6.33. The van der Waals surface area contributed by atoms with Crippen molar-refractivity contribution >= 4 is 0 Å². The summed E-state index contributed by atoms with van der Waals surface area (Å²) in [6.07, 6.45) is 8.52. The fraction of sp³-hybridized carbons (Fsp3) is 0.500. The Hall–Kier alpha value is -0.980. The van der Waals surface area contributed by atoms with E-state index in [0.29, 0.717) is 5.92 Å². The third-order valence-corrected chi connectivity index (χ3v) is 3.28. The van der Waals surface area contributed by atoms with E-state index < -0.39 is 0 Å². The van der Waals surface area contributed by atoms with E-state index in [1.807, 2.05) is 6.92 Å². The van der Waals surface area contributed by atoms with Crippen molar-refractivity contribution in [3.8, 4) is 0 Å². The first-order valence-electron chi connectivity index (χ1n) is 5.10. The second-order valence-electron chi connectivity index (χ2n) is 4.27. The Labute approximate surface area is 78.4 Å². The molecule has 0 saturated heterocycles. The van der Waals surface area contributed by atoms with Crippen molar-refractivity contribution in [1.29, 1.82) is 0 Å². The van der Waals surface area contributed by atoms with Crippen molar-refractivity contribution in [1.82, 2.24) is 0 Å². The first-order valence-corrected chi connectivity index (χ1v) is 5.10. The number of hydrogen-bond acceptors (Lipinski definition) is 1. The molecule has 1 aromatic rings. The Morgan fingerprint density at radius 1 is 1.31 bits per heavy atom. The van der Waals surface area contributed by atoms with Crippen molar-refractivity contribution in [2.24, 2.45) is 5.92 Å². The van der Waals surface area contributed by atoms with Crippen LogP contribution >= 0.6 is 0 Å². The maximum Gasteiger partial charge on any atom is 0.108 e. The van der Waals surface area contributed by atoms with Gasteiger partial charge in [-0.1, -0.05) is 12.2 Å². The molecule has 0 aliphatic heterocycles. The van der Waals surface area contributed by atoms with Gasteiger partial charge in [0.25, 0.3) is 0 Å². The number of allylic oxidation sites excluding steroid dienone is 2. The number of aryl methyl sites for hydroxylation is 1. The smallest absolute Gasteiger partial charge is 0.108 e. The van der Waals surface area contributed by atoms with Crippen LogP contribution in [0.15, 0.2) is 22.6 Å². The molecule has 0 N–H and O–H groups in total. The van der Waals surface area contributed by atoms with Gasteiger partial charge in [-0.15, -0.1) is 0 Å². The summed E-state index contributed by atoms with van der Waals surface area (Å²) in [4.78, 5) is 0. The largest absolute Gasteiger partial charge is 0.466 e. The molecule has 4 rings (SSSR count). The molecule has 1 heterocycles. The van der Waals surface area contributed by atoms with E-state index in [0.717, 1.165) is 18.1 Å². The van der Waals surface area contributed by atoms with Crippen LogP contribution in [0.3, 0.4) is 0 Å². The highest BCUT2D eigenvalue weighted by molar-refractivity contribution is 5.33. The van der Waals surface area contributed by atoms with E-state index >= 15 is 0 Å². The van der Waals surface area contributed by atoms with E-state index in [9.17, 15) is 0 Å². The molecule has 3 aliphatic rings. The van der Waals surface area contributed by atoms with E-state index in [2.05, 4.69) is 18.2 Å². The third-order valence-electron chi connectivity index (χ3n) is 3.28. The summed E-state index contributed by atoms with van der Waals surface area (Å²) >= 11 is 0. The van der Waals surface area contributed by atoms with Gasteiger partial charge in [0.1, 0.15) is 11.5 Å². The van der Waals surface area contributed by atoms with Gasteiger partial charge in [-0.3, -0.25) is 0 Å². The molecular formula is C12H14O. The molecule has 0 spiro atoms. The summed E-state index contributed by atoms with van der Waals surface area (Å²) < 4.78 is 5.73. The normalized spacial score (nSPS) is 30.2. The van der Waals surface area contributed by atoms with E-state index in [4.69, 9.17) is 4.42 Å². The zero-order chi connectivity index (χ0) is 8.84. The van der Waals surface area contributed by atoms with Crippen LogP contribution < -0.4 is 0 Å². The Bertz CT molecular complexity index is 359. The van der Waals surface area contributed by atoms with Crippen LogP contribution in [-0.2, 0) is 6.42 Å². The van der Waals surface area contributed by atoms with Gasteiger partial charge >= 0.3 is 0 Å². The molecule has 2 atom stereocenters. The van der Waals surface area contributed by atoms with Crippen LogP contribution in [0.2, 0.25) is 0 Å². The lowest BCUT2D eigenvalue weighted by molar-refractivity contribution is 0.448. The van der Waals surface area contributed by atoms with Crippen molar-refractivity contribution < 1.29 is 4.42 Å². The molecule has 1 heteroatoms. The Morgan fingerprint density at radius 2 is 2.23 bits per heavy atom. The fourth-order valence-corrected chi connectivity index (χ4v) is 2.60. The maximum atomic E-state index is 5.73. The quantitative estimate of drug-likeness (QED) is 0.550. The second-order valence-corrected chi connectivity index (χ2v) is 4.27. The monoisotopic (exact) mass is 174 g/mol. The Balaban J connectivity index is 2.14. The standard InChI is InChI=1S/C12H14O/c1-8-6-11-10-4-2-9(3-5-10)7-12(11)13-8/h2,4,6,9-10H,3,5,7H2,1H3/t9-,10+/m0/s1. The molecular weight excluding hydrogens is 160 g/mol. The Kier molecular flexibility index (Phi) is 1.43. The molecule has 0 saturated carbocycles. The lowest BCUT2D eigenvalue weighted by atomic mass is 9.89. The minimum absolute atomic E-state index is 0.645. The maximum absolute atomic E-state index is 5.73. The molecule has 2 bridgehead atoms. The number of rotatable bonds is 0. The summed E-state index contributed by atoms with van der Waals surface area (Å²) in [5.41, 5.74) is 1.45. The van der Waals surface area contributed by atoms with Gasteiger partial charge in [-0.2, -0.15) is 0 Å². The van der Waals surface area contributed by atoms with Gasteiger partial charge < -0.3 is 4.42 Å². The lowest BCUT2D eigenvalue weighted by Gasteiger charge is -2.15. The molecule has 13 heavy (non-hydrogen) atoms. The highest BCUT2D eigenvalue weighted by Gasteiger charge is 2.27. The summed E-state index contributed by atoms with van der Waals surface area (Å²) in [6.45, 7) is 2.05. The van der Waals surface area contributed by atoms with Gasteiger partial charge in [-0.25, -0.2) is 0 Å². The average Bonchev–Trinajstić information content (AvgIpc) is 2.33. The second kappa shape index (κ2) is 2.50. The summed E-state index contributed by atoms with van der Waals surface area (Å²) in [6, 6.07) is 2.22. The highest BCUT2D eigenvalue weighted by atomic mass is 16.3. The molecule has 0 radical (unpaired) electrons.